The SMILES string of the molecule is CO[C@H]1[C@@H](OC(C)=O)[C@H](O)O[C@@H](C)[C@H]1OC(C)=O. The third kappa shape index (κ3) is 3.41. The maximum Gasteiger partial charge on any atom is 0.303 e. The van der Waals surface area contributed by atoms with Crippen LogP contribution in [-0.4, -0.2) is 54.9 Å². The maximum absolute atomic E-state index is 11.0. The highest BCUT2D eigenvalue weighted by Gasteiger charge is 2.47. The van der Waals surface area contributed by atoms with Gasteiger partial charge in [0.15, 0.2) is 18.5 Å². The quantitative estimate of drug-likeness (QED) is 0.692. The van der Waals surface area contributed by atoms with E-state index in [0.29, 0.717) is 0 Å². The summed E-state index contributed by atoms with van der Waals surface area (Å²) in [6.45, 7) is 4.09. The average Bonchev–Trinajstić information content (AvgIpc) is 2.24. The fourth-order valence-corrected chi connectivity index (χ4v) is 1.93. The molecule has 7 heteroatoms. The summed E-state index contributed by atoms with van der Waals surface area (Å²) in [6.07, 6.45) is -4.45. The van der Waals surface area contributed by atoms with Crippen molar-refractivity contribution in [3.8, 4) is 0 Å². The molecule has 1 N–H and O–H groups in total. The molecule has 1 rings (SSSR count). The summed E-state index contributed by atoms with van der Waals surface area (Å²) in [5, 5.41) is 9.72. The van der Waals surface area contributed by atoms with Crippen LogP contribution in [0.3, 0.4) is 0 Å². The van der Waals surface area contributed by atoms with Crippen molar-refractivity contribution in [2.24, 2.45) is 0 Å². The van der Waals surface area contributed by atoms with Gasteiger partial charge >= 0.3 is 11.9 Å². The van der Waals surface area contributed by atoms with Crippen molar-refractivity contribution in [1.29, 1.82) is 0 Å². The first-order valence-corrected chi connectivity index (χ1v) is 5.57. The van der Waals surface area contributed by atoms with Crippen LogP contribution in [0.4, 0.5) is 0 Å². The number of esters is 2. The fraction of sp³-hybridized carbons (Fsp3) is 0.818. The lowest BCUT2D eigenvalue weighted by Gasteiger charge is -2.41. The van der Waals surface area contributed by atoms with E-state index in [9.17, 15) is 14.7 Å². The molecule has 1 aliphatic rings. The Morgan fingerprint density at radius 2 is 1.56 bits per heavy atom. The van der Waals surface area contributed by atoms with Gasteiger partial charge in [0.2, 0.25) is 0 Å². The molecule has 0 radical (unpaired) electrons. The Labute approximate surface area is 105 Å². The molecule has 1 fully saturated rings. The minimum absolute atomic E-state index is 0.504. The highest BCUT2D eigenvalue weighted by Crippen LogP contribution is 2.26. The van der Waals surface area contributed by atoms with Gasteiger partial charge < -0.3 is 24.1 Å². The second-order valence-corrected chi connectivity index (χ2v) is 4.08. The third-order valence-electron chi connectivity index (χ3n) is 2.62. The van der Waals surface area contributed by atoms with Gasteiger partial charge in [-0.2, -0.15) is 0 Å². The van der Waals surface area contributed by atoms with Gasteiger partial charge in [-0.1, -0.05) is 0 Å². The van der Waals surface area contributed by atoms with Crippen LogP contribution in [0.25, 0.3) is 0 Å². The Morgan fingerprint density at radius 1 is 1.06 bits per heavy atom. The Morgan fingerprint density at radius 3 is 2.00 bits per heavy atom. The molecule has 5 atom stereocenters. The molecular formula is C11H18O7. The third-order valence-corrected chi connectivity index (χ3v) is 2.62. The molecular weight excluding hydrogens is 244 g/mol. The Kier molecular flexibility index (Phi) is 5.06. The predicted octanol–water partition coefficient (Wildman–Crippen LogP) is -0.398. The van der Waals surface area contributed by atoms with Crippen LogP contribution in [0.1, 0.15) is 20.8 Å². The molecule has 0 aromatic heterocycles. The summed E-state index contributed by atoms with van der Waals surface area (Å²) in [5.41, 5.74) is 0. The van der Waals surface area contributed by atoms with Crippen molar-refractivity contribution in [2.45, 2.75) is 51.5 Å². The van der Waals surface area contributed by atoms with Crippen molar-refractivity contribution < 1.29 is 33.6 Å². The molecule has 0 bridgehead atoms. The molecule has 1 saturated heterocycles. The summed E-state index contributed by atoms with van der Waals surface area (Å²) in [7, 11) is 1.38. The molecule has 1 aliphatic heterocycles. The normalized spacial score (nSPS) is 35.9. The first-order chi connectivity index (χ1) is 8.36. The predicted molar refractivity (Wildman–Crippen MR) is 58.5 cm³/mol. The number of hydrogen-bond acceptors (Lipinski definition) is 7. The molecule has 104 valence electrons. The van der Waals surface area contributed by atoms with Crippen LogP contribution < -0.4 is 0 Å². The molecule has 1 heterocycles. The van der Waals surface area contributed by atoms with Crippen LogP contribution in [0, 0.1) is 0 Å². The summed E-state index contributed by atoms with van der Waals surface area (Å²) >= 11 is 0. The van der Waals surface area contributed by atoms with Crippen molar-refractivity contribution in [3.63, 3.8) is 0 Å². The number of aliphatic hydroxyl groups is 1. The van der Waals surface area contributed by atoms with Gasteiger partial charge in [-0.25, -0.2) is 0 Å². The lowest BCUT2D eigenvalue weighted by atomic mass is 9.99. The number of aliphatic hydroxyl groups excluding tert-OH is 1. The molecule has 0 spiro atoms. The van der Waals surface area contributed by atoms with Crippen molar-refractivity contribution in [3.05, 3.63) is 0 Å². The average molecular weight is 262 g/mol. The molecule has 0 aromatic carbocycles. The van der Waals surface area contributed by atoms with Gasteiger partial charge in [-0.3, -0.25) is 9.59 Å². The summed E-state index contributed by atoms with van der Waals surface area (Å²) in [4.78, 5) is 22.0. The number of ether oxygens (including phenoxy) is 4. The van der Waals surface area contributed by atoms with Crippen LogP contribution in [0.5, 0.6) is 0 Å². The van der Waals surface area contributed by atoms with E-state index in [4.69, 9.17) is 18.9 Å². The zero-order valence-corrected chi connectivity index (χ0v) is 10.8. The van der Waals surface area contributed by atoms with Crippen LogP contribution >= 0.6 is 0 Å². The van der Waals surface area contributed by atoms with E-state index in [2.05, 4.69) is 0 Å². The zero-order valence-electron chi connectivity index (χ0n) is 10.8. The highest BCUT2D eigenvalue weighted by molar-refractivity contribution is 5.67. The van der Waals surface area contributed by atoms with E-state index < -0.39 is 42.6 Å². The fourth-order valence-electron chi connectivity index (χ4n) is 1.93. The Balaban J connectivity index is 2.88. The van der Waals surface area contributed by atoms with Gasteiger partial charge in [0, 0.05) is 21.0 Å². The minimum atomic E-state index is -1.32. The number of carbonyl (C=O) groups excluding carboxylic acids is 2. The van der Waals surface area contributed by atoms with Gasteiger partial charge in [-0.05, 0) is 6.92 Å². The molecule has 0 aromatic rings. The van der Waals surface area contributed by atoms with Crippen molar-refractivity contribution >= 4 is 11.9 Å². The lowest BCUT2D eigenvalue weighted by Crippen LogP contribution is -2.59. The number of methoxy groups -OCH3 is 1. The van der Waals surface area contributed by atoms with Gasteiger partial charge in [0.1, 0.15) is 6.10 Å². The molecule has 7 nitrogen and oxygen atoms in total. The van der Waals surface area contributed by atoms with E-state index in [1.54, 1.807) is 6.92 Å². The number of hydrogen-bond donors (Lipinski definition) is 1. The minimum Gasteiger partial charge on any atom is -0.457 e. The zero-order chi connectivity index (χ0) is 13.9. The monoisotopic (exact) mass is 262 g/mol. The van der Waals surface area contributed by atoms with Gasteiger partial charge in [0.05, 0.1) is 6.10 Å². The van der Waals surface area contributed by atoms with Gasteiger partial charge in [0.25, 0.3) is 0 Å². The first kappa shape index (κ1) is 14.9. The topological polar surface area (TPSA) is 91.3 Å². The Bertz CT molecular complexity index is 289. The van der Waals surface area contributed by atoms with E-state index in [1.165, 1.54) is 21.0 Å². The van der Waals surface area contributed by atoms with E-state index in [0.717, 1.165) is 0 Å². The van der Waals surface area contributed by atoms with Crippen LogP contribution in [0.15, 0.2) is 0 Å². The summed E-state index contributed by atoms with van der Waals surface area (Å²) in [6, 6.07) is 0. The van der Waals surface area contributed by atoms with Crippen LogP contribution in [0.2, 0.25) is 0 Å². The molecule has 0 saturated carbocycles. The molecule has 0 unspecified atom stereocenters. The molecule has 0 amide bonds. The maximum atomic E-state index is 11.0. The number of carbonyl (C=O) groups is 2. The molecule has 0 aliphatic carbocycles. The van der Waals surface area contributed by atoms with E-state index in [1.807, 2.05) is 0 Å². The standard InChI is InChI=1S/C11H18O7/c1-5-8(17-6(2)12)9(15-4)10(11(14)16-5)18-7(3)13/h5,8-11,14H,1-4H3/t5-,8+,9+,10+,11+/m0/s1. The lowest BCUT2D eigenvalue weighted by molar-refractivity contribution is -0.289. The van der Waals surface area contributed by atoms with E-state index >= 15 is 0 Å². The number of rotatable bonds is 3. The second kappa shape index (κ2) is 6.12. The van der Waals surface area contributed by atoms with E-state index in [-0.39, 0.29) is 0 Å². The Hall–Kier alpha value is -1.18. The van der Waals surface area contributed by atoms with Crippen molar-refractivity contribution in [2.75, 3.05) is 7.11 Å². The highest BCUT2D eigenvalue weighted by atomic mass is 16.7. The molecule has 18 heavy (non-hydrogen) atoms. The smallest absolute Gasteiger partial charge is 0.303 e. The first-order valence-electron chi connectivity index (χ1n) is 5.57. The largest absolute Gasteiger partial charge is 0.457 e. The van der Waals surface area contributed by atoms with Crippen LogP contribution in [-0.2, 0) is 28.5 Å². The summed E-state index contributed by atoms with van der Waals surface area (Å²) < 4.78 is 20.3. The van der Waals surface area contributed by atoms with Crippen molar-refractivity contribution in [1.82, 2.24) is 0 Å². The summed E-state index contributed by atoms with van der Waals surface area (Å²) in [5.74, 6) is -1.09. The van der Waals surface area contributed by atoms with Gasteiger partial charge in [-0.15, -0.1) is 0 Å². The second-order valence-electron chi connectivity index (χ2n) is 4.08.